The van der Waals surface area contributed by atoms with E-state index in [4.69, 9.17) is 25.8 Å². The van der Waals surface area contributed by atoms with Crippen LogP contribution in [0.15, 0.2) is 47.1 Å². The maximum absolute atomic E-state index is 12.3. The van der Waals surface area contributed by atoms with Crippen molar-refractivity contribution in [3.05, 3.63) is 61.8 Å². The molecule has 8 heteroatoms. The lowest BCUT2D eigenvalue weighted by atomic mass is 10.1. The fourth-order valence-corrected chi connectivity index (χ4v) is 3.20. The number of aliphatic imine (C=N–C) groups is 1. The Morgan fingerprint density at radius 3 is 2.72 bits per heavy atom. The molecule has 0 fully saturated rings. The van der Waals surface area contributed by atoms with Crippen molar-refractivity contribution < 1.29 is 23.8 Å². The van der Waals surface area contributed by atoms with Crippen LogP contribution in [0.4, 0.5) is 0 Å². The second-order valence-electron chi connectivity index (χ2n) is 5.93. The summed E-state index contributed by atoms with van der Waals surface area (Å²) < 4.78 is 17.1. The summed E-state index contributed by atoms with van der Waals surface area (Å²) in [5.74, 6) is -0.0535. The molecule has 29 heavy (non-hydrogen) atoms. The van der Waals surface area contributed by atoms with Crippen molar-refractivity contribution in [1.82, 2.24) is 0 Å². The number of benzene rings is 2. The molecule has 0 radical (unpaired) electrons. The minimum absolute atomic E-state index is 0.135. The minimum atomic E-state index is -0.575. The third-order valence-electron chi connectivity index (χ3n) is 3.86. The van der Waals surface area contributed by atoms with E-state index in [0.717, 1.165) is 3.57 Å². The Morgan fingerprint density at radius 1 is 1.21 bits per heavy atom. The molecule has 0 atom stereocenters. The molecule has 6 nitrogen and oxygen atoms in total. The number of halogens is 2. The molecular weight excluding hydrogens is 509 g/mol. The van der Waals surface area contributed by atoms with Crippen molar-refractivity contribution in [1.29, 1.82) is 0 Å². The van der Waals surface area contributed by atoms with Gasteiger partial charge in [-0.2, -0.15) is 0 Å². The van der Waals surface area contributed by atoms with Gasteiger partial charge in [-0.05, 0) is 71.5 Å². The first-order valence-corrected chi connectivity index (χ1v) is 10.3. The van der Waals surface area contributed by atoms with E-state index in [2.05, 4.69) is 27.6 Å². The predicted molar refractivity (Wildman–Crippen MR) is 118 cm³/mol. The summed E-state index contributed by atoms with van der Waals surface area (Å²) in [6.45, 7) is 3.93. The summed E-state index contributed by atoms with van der Waals surface area (Å²) in [6.07, 6.45) is 1.83. The average Bonchev–Trinajstić information content (AvgIpc) is 3.06. The number of esters is 2. The van der Waals surface area contributed by atoms with Crippen molar-refractivity contribution in [2.24, 2.45) is 4.99 Å². The molecule has 2 aromatic carbocycles. The summed E-state index contributed by atoms with van der Waals surface area (Å²) in [4.78, 5) is 28.1. The Morgan fingerprint density at radius 2 is 2.00 bits per heavy atom. The fourth-order valence-electron chi connectivity index (χ4n) is 2.51. The van der Waals surface area contributed by atoms with Crippen molar-refractivity contribution in [2.75, 3.05) is 6.61 Å². The molecule has 0 saturated heterocycles. The Bertz CT molecular complexity index is 1030. The van der Waals surface area contributed by atoms with Gasteiger partial charge in [-0.25, -0.2) is 9.79 Å². The van der Waals surface area contributed by atoms with Gasteiger partial charge in [0.25, 0.3) is 0 Å². The zero-order valence-electron chi connectivity index (χ0n) is 15.7. The van der Waals surface area contributed by atoms with E-state index in [1.807, 2.05) is 13.0 Å². The SMILES string of the molecule is CCOc1cc(/C=C2/N=C(c3cc(I)ccc3Cl)OC2=O)ccc1OC(=O)CC. The molecular formula is C21H17ClINO5. The maximum atomic E-state index is 12.3. The van der Waals surface area contributed by atoms with E-state index < -0.39 is 5.97 Å². The molecule has 1 heterocycles. The molecule has 0 aromatic heterocycles. The van der Waals surface area contributed by atoms with Crippen LogP contribution in [0.3, 0.4) is 0 Å². The maximum Gasteiger partial charge on any atom is 0.363 e. The Hall–Kier alpha value is -2.39. The monoisotopic (exact) mass is 525 g/mol. The van der Waals surface area contributed by atoms with E-state index in [1.54, 1.807) is 43.3 Å². The largest absolute Gasteiger partial charge is 0.490 e. The van der Waals surface area contributed by atoms with Crippen LogP contribution in [0.5, 0.6) is 11.5 Å². The number of ether oxygens (including phenoxy) is 3. The Balaban J connectivity index is 1.93. The fraction of sp³-hybridized carbons (Fsp3) is 0.190. The van der Waals surface area contributed by atoms with Gasteiger partial charge < -0.3 is 14.2 Å². The predicted octanol–water partition coefficient (Wildman–Crippen LogP) is 5.00. The van der Waals surface area contributed by atoms with Crippen molar-refractivity contribution in [2.45, 2.75) is 20.3 Å². The van der Waals surface area contributed by atoms with Gasteiger partial charge >= 0.3 is 11.9 Å². The van der Waals surface area contributed by atoms with E-state index in [9.17, 15) is 9.59 Å². The van der Waals surface area contributed by atoms with E-state index in [1.165, 1.54) is 0 Å². The molecule has 0 aliphatic carbocycles. The number of carbonyl (C=O) groups is 2. The van der Waals surface area contributed by atoms with E-state index in [0.29, 0.717) is 34.3 Å². The zero-order chi connectivity index (χ0) is 21.0. The lowest BCUT2D eigenvalue weighted by Crippen LogP contribution is -2.07. The number of nitrogens with zero attached hydrogens (tertiary/aromatic N) is 1. The van der Waals surface area contributed by atoms with Gasteiger partial charge in [0.1, 0.15) is 0 Å². The van der Waals surface area contributed by atoms with Crippen molar-refractivity contribution in [3.8, 4) is 11.5 Å². The quantitative estimate of drug-likeness (QED) is 0.230. The Labute approximate surface area is 186 Å². The lowest BCUT2D eigenvalue weighted by molar-refractivity contribution is -0.134. The molecule has 0 saturated carbocycles. The molecule has 1 aliphatic rings. The highest BCUT2D eigenvalue weighted by Crippen LogP contribution is 2.31. The second-order valence-corrected chi connectivity index (χ2v) is 7.58. The third-order valence-corrected chi connectivity index (χ3v) is 4.86. The van der Waals surface area contributed by atoms with Gasteiger partial charge in [0.05, 0.1) is 17.2 Å². The second kappa shape index (κ2) is 9.41. The van der Waals surface area contributed by atoms with Crippen LogP contribution >= 0.6 is 34.2 Å². The summed E-state index contributed by atoms with van der Waals surface area (Å²) in [5.41, 5.74) is 1.33. The number of cyclic esters (lactones) is 1. The van der Waals surface area contributed by atoms with Crippen LogP contribution in [-0.4, -0.2) is 24.4 Å². The van der Waals surface area contributed by atoms with Gasteiger partial charge in [-0.1, -0.05) is 24.6 Å². The molecule has 0 spiro atoms. The zero-order valence-corrected chi connectivity index (χ0v) is 18.6. The average molecular weight is 526 g/mol. The molecule has 3 rings (SSSR count). The van der Waals surface area contributed by atoms with Crippen LogP contribution in [0.1, 0.15) is 31.4 Å². The van der Waals surface area contributed by atoms with Gasteiger partial charge in [0, 0.05) is 9.99 Å². The summed E-state index contributed by atoms with van der Waals surface area (Å²) in [6, 6.07) is 10.4. The standard InChI is InChI=1S/C21H17ClINO5/c1-3-19(25)28-17-8-5-12(10-18(17)27-4-2)9-16-21(26)29-20(24-16)14-11-13(23)6-7-15(14)22/h5-11H,3-4H2,1-2H3/b16-9+. The highest BCUT2D eigenvalue weighted by atomic mass is 127. The molecule has 150 valence electrons. The van der Waals surface area contributed by atoms with Crippen molar-refractivity contribution >= 4 is 58.1 Å². The van der Waals surface area contributed by atoms with Gasteiger partial charge in [-0.15, -0.1) is 0 Å². The normalized spacial score (nSPS) is 14.6. The topological polar surface area (TPSA) is 74.2 Å². The van der Waals surface area contributed by atoms with Gasteiger partial charge in [0.2, 0.25) is 5.90 Å². The van der Waals surface area contributed by atoms with Crippen molar-refractivity contribution in [3.63, 3.8) is 0 Å². The lowest BCUT2D eigenvalue weighted by Gasteiger charge is -2.10. The molecule has 0 unspecified atom stereocenters. The molecule has 0 N–H and O–H groups in total. The highest BCUT2D eigenvalue weighted by molar-refractivity contribution is 14.1. The summed E-state index contributed by atoms with van der Waals surface area (Å²) in [7, 11) is 0. The molecule has 2 aromatic rings. The molecule has 0 bridgehead atoms. The number of hydrogen-bond acceptors (Lipinski definition) is 6. The first-order valence-electron chi connectivity index (χ1n) is 8.86. The van der Waals surface area contributed by atoms with E-state index in [-0.39, 0.29) is 24.0 Å². The Kier molecular flexibility index (Phi) is 6.92. The van der Waals surface area contributed by atoms with Crippen LogP contribution in [0.2, 0.25) is 5.02 Å². The minimum Gasteiger partial charge on any atom is -0.490 e. The molecule has 0 amide bonds. The van der Waals surface area contributed by atoms with E-state index >= 15 is 0 Å². The van der Waals surface area contributed by atoms with Gasteiger partial charge in [-0.3, -0.25) is 4.79 Å². The summed E-state index contributed by atoms with van der Waals surface area (Å²) >= 11 is 8.35. The summed E-state index contributed by atoms with van der Waals surface area (Å²) in [5, 5.41) is 0.443. The van der Waals surface area contributed by atoms with Crippen LogP contribution in [0, 0.1) is 3.57 Å². The first-order chi connectivity index (χ1) is 13.9. The molecule has 1 aliphatic heterocycles. The number of hydrogen-bond donors (Lipinski definition) is 0. The first kappa shape index (κ1) is 21.3. The van der Waals surface area contributed by atoms with Crippen LogP contribution in [-0.2, 0) is 14.3 Å². The number of carbonyl (C=O) groups excluding carboxylic acids is 2. The van der Waals surface area contributed by atoms with Crippen LogP contribution < -0.4 is 9.47 Å². The number of rotatable bonds is 6. The third kappa shape index (κ3) is 5.16. The highest BCUT2D eigenvalue weighted by Gasteiger charge is 2.26. The van der Waals surface area contributed by atoms with Gasteiger partial charge in [0.15, 0.2) is 17.2 Å². The van der Waals surface area contributed by atoms with Crippen LogP contribution in [0.25, 0.3) is 6.08 Å². The smallest absolute Gasteiger partial charge is 0.363 e.